The number of rotatable bonds is 4. The summed E-state index contributed by atoms with van der Waals surface area (Å²) in [5.41, 5.74) is -1.01. The Labute approximate surface area is 147 Å². The molecule has 0 radical (unpaired) electrons. The monoisotopic (exact) mass is 373 g/mol. The van der Waals surface area contributed by atoms with Crippen molar-refractivity contribution in [2.75, 3.05) is 5.32 Å². The van der Waals surface area contributed by atoms with Gasteiger partial charge in [0, 0.05) is 5.56 Å². The van der Waals surface area contributed by atoms with Gasteiger partial charge >= 0.3 is 5.69 Å². The van der Waals surface area contributed by atoms with Gasteiger partial charge in [0.1, 0.15) is 0 Å². The third-order valence-electron chi connectivity index (χ3n) is 3.42. The van der Waals surface area contributed by atoms with E-state index in [9.17, 15) is 22.4 Å². The number of nitrogens with zero attached hydrogens (tertiary/aromatic N) is 2. The quantitative estimate of drug-likeness (QED) is 0.753. The van der Waals surface area contributed by atoms with Gasteiger partial charge in [-0.05, 0) is 24.3 Å². The number of carbonyl (C=O) groups excluding carboxylic acids is 1. The van der Waals surface area contributed by atoms with Crippen LogP contribution in [-0.2, 0) is 10.0 Å². The van der Waals surface area contributed by atoms with E-state index >= 15 is 0 Å². The molecular formula is C17H12FN3O4S. The van der Waals surface area contributed by atoms with Crippen LogP contribution < -0.4 is 11.0 Å². The molecule has 1 N–H and O–H groups in total. The maximum Gasteiger partial charge on any atom is 0.363 e. The highest BCUT2D eigenvalue weighted by atomic mass is 32.2. The lowest BCUT2D eigenvalue weighted by Crippen LogP contribution is -2.31. The minimum Gasteiger partial charge on any atom is -0.304 e. The first-order valence-corrected chi connectivity index (χ1v) is 8.80. The lowest BCUT2D eigenvalue weighted by molar-refractivity contribution is 0.102. The molecule has 0 aliphatic rings. The standard InChI is InChI=1S/C17H12FN3O4S/c18-14-11-21(26(24,25)13-9-5-2-6-10-13)17(23)20-15(14)19-16(22)12-7-3-1-4-8-12/h1-11H,(H,19,20,22,23). The van der Waals surface area contributed by atoms with E-state index in [2.05, 4.69) is 10.3 Å². The van der Waals surface area contributed by atoms with Crippen molar-refractivity contribution in [2.45, 2.75) is 4.90 Å². The Hall–Kier alpha value is -3.33. The maximum absolute atomic E-state index is 14.3. The van der Waals surface area contributed by atoms with Crippen molar-refractivity contribution in [1.82, 2.24) is 8.96 Å². The number of aromatic nitrogens is 2. The Kier molecular flexibility index (Phi) is 4.63. The number of benzene rings is 2. The SMILES string of the molecule is O=C(Nc1nc(=O)n(S(=O)(=O)c2ccccc2)cc1F)c1ccccc1. The van der Waals surface area contributed by atoms with E-state index in [0.717, 1.165) is 0 Å². The summed E-state index contributed by atoms with van der Waals surface area (Å²) in [6.07, 6.45) is 0.484. The molecule has 0 aliphatic carbocycles. The van der Waals surface area contributed by atoms with Crippen molar-refractivity contribution in [2.24, 2.45) is 0 Å². The summed E-state index contributed by atoms with van der Waals surface area (Å²) in [6.45, 7) is 0. The average molecular weight is 373 g/mol. The van der Waals surface area contributed by atoms with Gasteiger partial charge in [-0.15, -0.1) is 0 Å². The van der Waals surface area contributed by atoms with Crippen LogP contribution in [0.3, 0.4) is 0 Å². The van der Waals surface area contributed by atoms with Crippen molar-refractivity contribution >= 4 is 21.7 Å². The number of anilines is 1. The maximum atomic E-state index is 14.3. The van der Waals surface area contributed by atoms with Gasteiger partial charge in [-0.2, -0.15) is 8.96 Å². The van der Waals surface area contributed by atoms with Crippen LogP contribution in [0.25, 0.3) is 0 Å². The third kappa shape index (κ3) is 3.38. The molecule has 1 aromatic heterocycles. The molecule has 2 aromatic carbocycles. The van der Waals surface area contributed by atoms with Gasteiger partial charge in [0.15, 0.2) is 11.6 Å². The summed E-state index contributed by atoms with van der Waals surface area (Å²) >= 11 is 0. The minimum atomic E-state index is -4.30. The second-order valence-corrected chi connectivity index (χ2v) is 6.97. The Morgan fingerprint density at radius 2 is 1.58 bits per heavy atom. The largest absolute Gasteiger partial charge is 0.363 e. The van der Waals surface area contributed by atoms with Gasteiger partial charge in [0.05, 0.1) is 11.1 Å². The summed E-state index contributed by atoms with van der Waals surface area (Å²) in [4.78, 5) is 27.3. The molecule has 0 saturated heterocycles. The second kappa shape index (κ2) is 6.89. The zero-order valence-electron chi connectivity index (χ0n) is 13.2. The molecule has 0 fully saturated rings. The van der Waals surface area contributed by atoms with Gasteiger partial charge in [-0.25, -0.2) is 17.6 Å². The number of amides is 1. The molecule has 3 rings (SSSR count). The fourth-order valence-electron chi connectivity index (χ4n) is 2.15. The first kappa shape index (κ1) is 17.5. The van der Waals surface area contributed by atoms with Crippen LogP contribution in [0.5, 0.6) is 0 Å². The Bertz CT molecular complexity index is 1110. The van der Waals surface area contributed by atoms with Gasteiger partial charge in [-0.3, -0.25) is 4.79 Å². The summed E-state index contributed by atoms with van der Waals surface area (Å²) in [5.74, 6) is -2.49. The predicted molar refractivity (Wildman–Crippen MR) is 91.9 cm³/mol. The molecule has 0 unspecified atom stereocenters. The molecule has 7 nitrogen and oxygen atoms in total. The van der Waals surface area contributed by atoms with Crippen molar-refractivity contribution in [1.29, 1.82) is 0 Å². The van der Waals surface area contributed by atoms with E-state index < -0.39 is 33.3 Å². The fraction of sp³-hybridized carbons (Fsp3) is 0. The van der Waals surface area contributed by atoms with Crippen LogP contribution >= 0.6 is 0 Å². The molecule has 0 aliphatic heterocycles. The Morgan fingerprint density at radius 1 is 1.00 bits per heavy atom. The molecule has 132 valence electrons. The molecule has 0 spiro atoms. The zero-order chi connectivity index (χ0) is 18.7. The average Bonchev–Trinajstić information content (AvgIpc) is 2.65. The highest BCUT2D eigenvalue weighted by Gasteiger charge is 2.22. The van der Waals surface area contributed by atoms with Crippen molar-refractivity contribution in [3.63, 3.8) is 0 Å². The molecule has 0 atom stereocenters. The second-order valence-electron chi connectivity index (χ2n) is 5.15. The van der Waals surface area contributed by atoms with Crippen LogP contribution in [0, 0.1) is 5.82 Å². The Balaban J connectivity index is 1.97. The molecule has 9 heteroatoms. The topological polar surface area (TPSA) is 98.1 Å². The molecule has 1 amide bonds. The first-order chi connectivity index (χ1) is 12.4. The Morgan fingerprint density at radius 3 is 2.19 bits per heavy atom. The zero-order valence-corrected chi connectivity index (χ0v) is 14.0. The number of nitrogens with one attached hydrogen (secondary N) is 1. The normalized spacial score (nSPS) is 11.1. The predicted octanol–water partition coefficient (Wildman–Crippen LogP) is 1.87. The highest BCUT2D eigenvalue weighted by Crippen LogP contribution is 2.14. The van der Waals surface area contributed by atoms with Crippen molar-refractivity contribution in [3.8, 4) is 0 Å². The van der Waals surface area contributed by atoms with E-state index in [4.69, 9.17) is 0 Å². The van der Waals surface area contributed by atoms with Crippen LogP contribution in [0.15, 0.2) is 76.6 Å². The van der Waals surface area contributed by atoms with E-state index in [1.807, 2.05) is 0 Å². The number of carbonyl (C=O) groups is 1. The molecule has 0 bridgehead atoms. The summed E-state index contributed by atoms with van der Waals surface area (Å²) in [5, 5.41) is 2.15. The lowest BCUT2D eigenvalue weighted by Gasteiger charge is -2.09. The highest BCUT2D eigenvalue weighted by molar-refractivity contribution is 7.90. The molecular weight excluding hydrogens is 361 g/mol. The molecule has 3 aromatic rings. The van der Waals surface area contributed by atoms with Gasteiger partial charge in [0.2, 0.25) is 0 Å². The van der Waals surface area contributed by atoms with E-state index in [1.54, 1.807) is 24.3 Å². The van der Waals surface area contributed by atoms with Gasteiger partial charge < -0.3 is 5.32 Å². The van der Waals surface area contributed by atoms with E-state index in [0.29, 0.717) is 6.20 Å². The minimum absolute atomic E-state index is 0.190. The summed E-state index contributed by atoms with van der Waals surface area (Å²) < 4.78 is 39.3. The fourth-order valence-corrected chi connectivity index (χ4v) is 3.36. The number of hydrogen-bond donors (Lipinski definition) is 1. The van der Waals surface area contributed by atoms with Gasteiger partial charge in [0.25, 0.3) is 15.9 Å². The van der Waals surface area contributed by atoms with Crippen LogP contribution in [0.2, 0.25) is 0 Å². The third-order valence-corrected chi connectivity index (χ3v) is 5.07. The van der Waals surface area contributed by atoms with Gasteiger partial charge in [-0.1, -0.05) is 36.4 Å². The lowest BCUT2D eigenvalue weighted by atomic mass is 10.2. The van der Waals surface area contributed by atoms with Crippen molar-refractivity contribution in [3.05, 3.63) is 88.7 Å². The van der Waals surface area contributed by atoms with E-state index in [1.165, 1.54) is 36.4 Å². The first-order valence-electron chi connectivity index (χ1n) is 7.36. The number of hydrogen-bond acceptors (Lipinski definition) is 5. The van der Waals surface area contributed by atoms with Crippen molar-refractivity contribution < 1.29 is 17.6 Å². The van der Waals surface area contributed by atoms with Crippen LogP contribution in [-0.4, -0.2) is 23.3 Å². The summed E-state index contributed by atoms with van der Waals surface area (Å²) in [7, 11) is -4.30. The number of halogens is 1. The summed E-state index contributed by atoms with van der Waals surface area (Å²) in [6, 6.07) is 15.0. The molecule has 0 saturated carbocycles. The smallest absolute Gasteiger partial charge is 0.304 e. The van der Waals surface area contributed by atoms with E-state index in [-0.39, 0.29) is 14.4 Å². The molecule has 26 heavy (non-hydrogen) atoms. The molecule has 1 heterocycles. The van der Waals surface area contributed by atoms with Crippen LogP contribution in [0.1, 0.15) is 10.4 Å². The van der Waals surface area contributed by atoms with Crippen LogP contribution in [0.4, 0.5) is 10.2 Å².